The molecular weight excluding hydrogens is 738 g/mol. The molecule has 1 aromatic rings. The molecule has 13 nitrogen and oxygen atoms in total. The fourth-order valence-electron chi connectivity index (χ4n) is 7.00. The number of anilines is 1. The van der Waals surface area contributed by atoms with Gasteiger partial charge in [0.05, 0.1) is 29.8 Å². The second-order valence-electron chi connectivity index (χ2n) is 15.0. The number of likely N-dealkylation sites (N-methyl/N-ethyl adjacent to an activating group) is 1. The highest BCUT2D eigenvalue weighted by atomic mass is 35.5. The summed E-state index contributed by atoms with van der Waals surface area (Å²) in [5.74, 6) is -1.08. The number of epoxide rings is 1. The van der Waals surface area contributed by atoms with Gasteiger partial charge < -0.3 is 39.0 Å². The minimum atomic E-state index is -1.83. The summed E-state index contributed by atoms with van der Waals surface area (Å²) < 4.78 is 23.7. The molecule has 8 atom stereocenters. The Kier molecular flexibility index (Phi) is 14.7. The molecule has 3 N–H and O–H groups in total. The van der Waals surface area contributed by atoms with Crippen molar-refractivity contribution in [2.75, 3.05) is 31.9 Å². The lowest BCUT2D eigenvalue weighted by atomic mass is 9.83. The second-order valence-corrected chi connectivity index (χ2v) is 17.1. The molecule has 0 aliphatic carbocycles. The number of alkyl carbamates (subject to hydrolysis) is 1. The SMILES string of the molecule is CO[C@@H]1/C=C/C=C(\C)Cc2cc(CO)c(Cl)c(c2)N(C)C(=O)C[C@H](OC(=O)[C@H](C)N(C)C(=O)CCCSC(C)C)[C@]2(C)O[C@H]2[C@H](C)[C@@H]2C[C@@]1(O)NC(=O)O2. The second kappa shape index (κ2) is 18.2. The number of amides is 3. The minimum Gasteiger partial charge on any atom is -0.457 e. The molecule has 0 unspecified atom stereocenters. The number of ether oxygens (including phenoxy) is 4. The first-order valence-corrected chi connectivity index (χ1v) is 19.8. The monoisotopic (exact) mass is 793 g/mol. The zero-order valence-corrected chi connectivity index (χ0v) is 34.3. The topological polar surface area (TPSA) is 167 Å². The number of carbonyl (C=O) groups excluding carboxylic acids is 4. The van der Waals surface area contributed by atoms with Crippen LogP contribution in [0.15, 0.2) is 35.9 Å². The number of fused-ring (bicyclic) bond motifs is 5. The zero-order valence-electron chi connectivity index (χ0n) is 32.7. The van der Waals surface area contributed by atoms with Gasteiger partial charge in [-0.1, -0.05) is 62.2 Å². The molecule has 0 radical (unpaired) electrons. The molecule has 4 bridgehead atoms. The van der Waals surface area contributed by atoms with Crippen molar-refractivity contribution >= 4 is 52.9 Å². The number of thioether (sulfide) groups is 1. The van der Waals surface area contributed by atoms with Crippen molar-refractivity contribution < 1.29 is 48.3 Å². The summed E-state index contributed by atoms with van der Waals surface area (Å²) in [6.45, 7) is 10.8. The van der Waals surface area contributed by atoms with Crippen LogP contribution in [0.4, 0.5) is 10.5 Å². The van der Waals surface area contributed by atoms with Crippen molar-refractivity contribution in [3.05, 3.63) is 52.1 Å². The van der Waals surface area contributed by atoms with Crippen LogP contribution < -0.4 is 10.2 Å². The van der Waals surface area contributed by atoms with Gasteiger partial charge >= 0.3 is 12.1 Å². The maximum Gasteiger partial charge on any atom is 0.409 e. The molecule has 54 heavy (non-hydrogen) atoms. The number of halogens is 1. The van der Waals surface area contributed by atoms with E-state index in [2.05, 4.69) is 19.2 Å². The third kappa shape index (κ3) is 10.2. The van der Waals surface area contributed by atoms with E-state index in [1.807, 2.05) is 13.0 Å². The van der Waals surface area contributed by atoms with Gasteiger partial charge in [0.25, 0.3) is 0 Å². The maximum absolute atomic E-state index is 14.1. The summed E-state index contributed by atoms with van der Waals surface area (Å²) in [5, 5.41) is 25.1. The van der Waals surface area contributed by atoms with E-state index in [9.17, 15) is 29.4 Å². The van der Waals surface area contributed by atoms with E-state index in [1.54, 1.807) is 70.9 Å². The van der Waals surface area contributed by atoms with Crippen LogP contribution in [0.5, 0.6) is 0 Å². The van der Waals surface area contributed by atoms with Crippen LogP contribution in [0, 0.1) is 5.92 Å². The first-order valence-electron chi connectivity index (χ1n) is 18.4. The molecule has 0 saturated carbocycles. The molecule has 300 valence electrons. The Bertz CT molecular complexity index is 1620. The lowest BCUT2D eigenvalue weighted by molar-refractivity contribution is -0.162. The summed E-state index contributed by atoms with van der Waals surface area (Å²) >= 11 is 8.49. The maximum atomic E-state index is 14.1. The van der Waals surface area contributed by atoms with Gasteiger partial charge in [-0.15, -0.1) is 0 Å². The molecule has 3 heterocycles. The van der Waals surface area contributed by atoms with E-state index in [1.165, 1.54) is 16.9 Å². The number of hydrogen-bond acceptors (Lipinski definition) is 11. The summed E-state index contributed by atoms with van der Waals surface area (Å²) in [4.78, 5) is 56.5. The third-order valence-corrected chi connectivity index (χ3v) is 12.2. The van der Waals surface area contributed by atoms with E-state index in [0.717, 1.165) is 16.9 Å². The smallest absolute Gasteiger partial charge is 0.409 e. The van der Waals surface area contributed by atoms with Gasteiger partial charge in [0, 0.05) is 40.0 Å². The average molecular weight is 794 g/mol. The quantitative estimate of drug-likeness (QED) is 0.167. The van der Waals surface area contributed by atoms with Gasteiger partial charge in [-0.3, -0.25) is 14.9 Å². The Labute approximate surface area is 327 Å². The number of carbonyl (C=O) groups is 4. The number of esters is 1. The van der Waals surface area contributed by atoms with Crippen molar-refractivity contribution in [1.29, 1.82) is 0 Å². The van der Waals surface area contributed by atoms with Crippen molar-refractivity contribution in [3.8, 4) is 0 Å². The minimum absolute atomic E-state index is 0.0542. The van der Waals surface area contributed by atoms with Gasteiger partial charge in [0.2, 0.25) is 11.8 Å². The predicted octanol–water partition coefficient (Wildman–Crippen LogP) is 4.92. The molecule has 0 aromatic heterocycles. The lowest BCUT2D eigenvalue weighted by Crippen LogP contribution is -2.63. The number of benzene rings is 1. The largest absolute Gasteiger partial charge is 0.457 e. The number of rotatable bonds is 10. The number of aliphatic hydroxyl groups is 2. The number of nitrogens with zero attached hydrogens (tertiary/aromatic N) is 2. The van der Waals surface area contributed by atoms with Gasteiger partial charge in [-0.05, 0) is 61.8 Å². The van der Waals surface area contributed by atoms with Crippen LogP contribution in [0.25, 0.3) is 0 Å². The van der Waals surface area contributed by atoms with Crippen LogP contribution in [0.1, 0.15) is 78.4 Å². The normalized spacial score (nSPS) is 31.0. The summed E-state index contributed by atoms with van der Waals surface area (Å²) in [5.41, 5.74) is -0.571. The van der Waals surface area contributed by atoms with Crippen molar-refractivity contribution in [2.24, 2.45) is 5.92 Å². The van der Waals surface area contributed by atoms with Crippen LogP contribution in [-0.4, -0.2) is 113 Å². The van der Waals surface area contributed by atoms with Gasteiger partial charge in [-0.2, -0.15) is 11.8 Å². The highest BCUT2D eigenvalue weighted by molar-refractivity contribution is 7.99. The Balaban J connectivity index is 1.71. The Morgan fingerprint density at radius 1 is 1.24 bits per heavy atom. The van der Waals surface area contributed by atoms with E-state index < -0.39 is 65.7 Å². The standard InChI is InChI=1S/C39H56ClN3O10S/c1-22(2)54-15-11-14-32(45)42(7)25(5)36(47)52-31-19-33(46)43(8)28-18-26(17-27(21-44)34(28)40)16-23(3)12-10-13-30(50-9)39(49)20-29(51-37(48)41-39)24(4)35-38(31,6)53-35/h10,12-13,17-18,22,24-25,29-31,35,44,49H,11,14-16,19-21H2,1-9H3,(H,41,48)/b13-10+,23-12+/t24-,25+,29+,30-,31+,35+,38+,39+/m1/s1. The number of aliphatic hydroxyl groups excluding tert-OH is 1. The van der Waals surface area contributed by atoms with Crippen LogP contribution in [0.3, 0.4) is 0 Å². The van der Waals surface area contributed by atoms with Crippen LogP contribution in [0.2, 0.25) is 5.02 Å². The van der Waals surface area contributed by atoms with E-state index in [-0.39, 0.29) is 36.8 Å². The van der Waals surface area contributed by atoms with Gasteiger partial charge in [-0.25, -0.2) is 9.59 Å². The Morgan fingerprint density at radius 2 is 1.94 bits per heavy atom. The molecule has 15 heteroatoms. The highest BCUT2D eigenvalue weighted by Crippen LogP contribution is 2.49. The van der Waals surface area contributed by atoms with Gasteiger partial charge in [0.1, 0.15) is 30.0 Å². The number of allylic oxidation sites excluding steroid dienone is 3. The van der Waals surface area contributed by atoms with Crippen LogP contribution >= 0.6 is 23.4 Å². The Hall–Kier alpha value is -3.14. The number of hydrogen-bond donors (Lipinski definition) is 3. The molecule has 3 aliphatic heterocycles. The molecule has 4 rings (SSSR count). The van der Waals surface area contributed by atoms with Crippen molar-refractivity contribution in [1.82, 2.24) is 10.2 Å². The molecular formula is C39H56ClN3O10S. The number of methoxy groups -OCH3 is 1. The molecule has 3 aliphatic rings. The third-order valence-electron chi connectivity index (χ3n) is 10.6. The molecule has 2 fully saturated rings. The lowest BCUT2D eigenvalue weighted by Gasteiger charge is -2.42. The summed E-state index contributed by atoms with van der Waals surface area (Å²) in [6, 6.07) is 2.58. The fraction of sp³-hybridized carbons (Fsp3) is 0.641. The molecule has 3 amide bonds. The predicted molar refractivity (Wildman–Crippen MR) is 207 cm³/mol. The summed E-state index contributed by atoms with van der Waals surface area (Å²) in [6.07, 6.45) is 1.77. The number of nitrogens with one attached hydrogen (secondary N) is 1. The molecule has 0 spiro atoms. The van der Waals surface area contributed by atoms with E-state index in [4.69, 9.17) is 30.5 Å². The van der Waals surface area contributed by atoms with Gasteiger partial charge in [0.15, 0.2) is 5.72 Å². The Morgan fingerprint density at radius 3 is 2.59 bits per heavy atom. The van der Waals surface area contributed by atoms with Crippen molar-refractivity contribution in [3.63, 3.8) is 0 Å². The van der Waals surface area contributed by atoms with Crippen molar-refractivity contribution in [2.45, 2.75) is 127 Å². The van der Waals surface area contributed by atoms with E-state index in [0.29, 0.717) is 29.3 Å². The summed E-state index contributed by atoms with van der Waals surface area (Å²) in [7, 11) is 4.54. The average Bonchev–Trinajstić information content (AvgIpc) is 3.81. The first-order chi connectivity index (χ1) is 25.3. The molecule has 2 saturated heterocycles. The zero-order chi connectivity index (χ0) is 40.1. The highest BCUT2D eigenvalue weighted by Gasteiger charge is 2.64. The van der Waals surface area contributed by atoms with E-state index >= 15 is 0 Å². The fourth-order valence-corrected chi connectivity index (χ4v) is 8.08. The first kappa shape index (κ1) is 43.6. The van der Waals surface area contributed by atoms with Crippen LogP contribution in [-0.2, 0) is 46.4 Å². The molecule has 1 aromatic carbocycles.